The Balaban J connectivity index is 1.14. The third-order valence-corrected chi connectivity index (χ3v) is 9.16. The Hall–Kier alpha value is -6.10. The summed E-state index contributed by atoms with van der Waals surface area (Å²) in [7, 11) is 1.70. The number of hydrogen-bond acceptors (Lipinski definition) is 4. The Labute approximate surface area is 295 Å². The van der Waals surface area contributed by atoms with E-state index in [9.17, 15) is 5.11 Å². The van der Waals surface area contributed by atoms with E-state index < -0.39 is 0 Å². The highest BCUT2D eigenvalue weighted by atomic mass is 16.5. The fraction of sp³-hybridized carbons (Fsp3) is 0.0870. The van der Waals surface area contributed by atoms with Gasteiger partial charge in [0, 0.05) is 34.1 Å². The first-order valence-corrected chi connectivity index (χ1v) is 16.9. The minimum atomic E-state index is 0.0302. The van der Waals surface area contributed by atoms with E-state index in [0.29, 0.717) is 0 Å². The van der Waals surface area contributed by atoms with Crippen molar-refractivity contribution in [3.05, 3.63) is 187 Å². The van der Waals surface area contributed by atoms with Gasteiger partial charge in [0.15, 0.2) is 0 Å². The second-order valence-electron chi connectivity index (χ2n) is 12.4. The predicted octanol–water partition coefficient (Wildman–Crippen LogP) is 12.1. The Morgan fingerprint density at radius 3 is 1.20 bits per heavy atom. The number of ether oxygens (including phenoxy) is 1. The van der Waals surface area contributed by atoms with Crippen LogP contribution >= 0.6 is 0 Å². The molecule has 0 fully saturated rings. The fourth-order valence-electron chi connectivity index (χ4n) is 6.54. The molecule has 0 unspecified atom stereocenters. The molecule has 0 atom stereocenters. The highest BCUT2D eigenvalue weighted by molar-refractivity contribution is 5.82. The largest absolute Gasteiger partial charge is 0.497 e. The van der Waals surface area contributed by atoms with Crippen LogP contribution in [0.4, 0.5) is 34.1 Å². The number of hydrogen-bond donors (Lipinski definition) is 1. The molecule has 0 aromatic heterocycles. The van der Waals surface area contributed by atoms with E-state index in [1.807, 2.05) is 24.3 Å². The van der Waals surface area contributed by atoms with Crippen LogP contribution in [0.3, 0.4) is 0 Å². The van der Waals surface area contributed by atoms with Crippen LogP contribution < -0.4 is 14.5 Å². The zero-order valence-electron chi connectivity index (χ0n) is 28.6. The van der Waals surface area contributed by atoms with Gasteiger partial charge in [-0.3, -0.25) is 0 Å². The number of anilines is 6. The zero-order chi connectivity index (χ0) is 34.5. The molecule has 7 rings (SSSR count). The maximum absolute atomic E-state index is 9.66. The third kappa shape index (κ3) is 6.75. The van der Waals surface area contributed by atoms with Gasteiger partial charge in [0.1, 0.15) is 5.75 Å². The summed E-state index contributed by atoms with van der Waals surface area (Å²) >= 11 is 0. The Morgan fingerprint density at radius 1 is 0.440 bits per heavy atom. The van der Waals surface area contributed by atoms with E-state index >= 15 is 0 Å². The standard InChI is InChI=1S/C46H40N2O2/c1-33-30-35(32-49)14-28-45(33)47(40-10-6-4-7-11-40)42-23-19-38(20-24-42)36-15-17-37(18-16-36)39-21-25-43(26-22-39)48(41-12-8-5-9-13-41)46-29-27-44(50-3)31-34(46)2/h4-31,49H,32H2,1-3H3. The molecule has 0 saturated carbocycles. The molecule has 0 amide bonds. The van der Waals surface area contributed by atoms with Gasteiger partial charge in [-0.25, -0.2) is 0 Å². The van der Waals surface area contributed by atoms with Gasteiger partial charge < -0.3 is 19.6 Å². The molecule has 0 spiro atoms. The number of methoxy groups -OCH3 is 1. The molecule has 0 aliphatic heterocycles. The van der Waals surface area contributed by atoms with Crippen molar-refractivity contribution in [2.24, 2.45) is 0 Å². The highest BCUT2D eigenvalue weighted by Crippen LogP contribution is 2.40. The Bertz CT molecular complexity index is 2020. The zero-order valence-corrected chi connectivity index (χ0v) is 28.6. The van der Waals surface area contributed by atoms with Gasteiger partial charge in [-0.1, -0.05) is 97.1 Å². The first-order valence-electron chi connectivity index (χ1n) is 16.9. The van der Waals surface area contributed by atoms with Crippen LogP contribution in [0.15, 0.2) is 170 Å². The number of rotatable bonds is 10. The van der Waals surface area contributed by atoms with Crippen molar-refractivity contribution in [2.75, 3.05) is 16.9 Å². The lowest BCUT2D eigenvalue weighted by Crippen LogP contribution is -2.11. The number of aryl methyl sites for hydroxylation is 2. The average Bonchev–Trinajstić information content (AvgIpc) is 3.18. The lowest BCUT2D eigenvalue weighted by molar-refractivity contribution is 0.282. The summed E-state index contributed by atoms with van der Waals surface area (Å²) in [6.07, 6.45) is 0. The number of aliphatic hydroxyl groups is 1. The summed E-state index contributed by atoms with van der Waals surface area (Å²) in [6.45, 7) is 4.24. The summed E-state index contributed by atoms with van der Waals surface area (Å²) in [5, 5.41) is 9.66. The van der Waals surface area contributed by atoms with Crippen LogP contribution in [-0.4, -0.2) is 12.2 Å². The molecule has 7 aromatic carbocycles. The molecule has 0 saturated heterocycles. The molecule has 0 aliphatic rings. The molecule has 1 N–H and O–H groups in total. The molecule has 0 aliphatic carbocycles. The van der Waals surface area contributed by atoms with Gasteiger partial charge >= 0.3 is 0 Å². The number of para-hydroxylation sites is 2. The normalized spacial score (nSPS) is 10.9. The second-order valence-corrected chi connectivity index (χ2v) is 12.4. The smallest absolute Gasteiger partial charge is 0.119 e. The van der Waals surface area contributed by atoms with E-state index in [0.717, 1.165) is 73.3 Å². The van der Waals surface area contributed by atoms with Crippen molar-refractivity contribution in [1.29, 1.82) is 0 Å². The molecule has 7 aromatic rings. The topological polar surface area (TPSA) is 35.9 Å². The van der Waals surface area contributed by atoms with Crippen LogP contribution in [0.25, 0.3) is 22.3 Å². The SMILES string of the molecule is COc1ccc(N(c2ccccc2)c2ccc(-c3ccc(-c4ccc(N(c5ccccc5)c5ccc(CO)cc5C)cc4)cc3)cc2)c(C)c1. The molecule has 50 heavy (non-hydrogen) atoms. The summed E-state index contributed by atoms with van der Waals surface area (Å²) in [5.41, 5.74) is 14.4. The molecule has 0 bridgehead atoms. The van der Waals surface area contributed by atoms with Crippen LogP contribution in [0.1, 0.15) is 16.7 Å². The second kappa shape index (κ2) is 14.6. The molecule has 0 radical (unpaired) electrons. The van der Waals surface area contributed by atoms with Gasteiger partial charge in [0.05, 0.1) is 13.7 Å². The fourth-order valence-corrected chi connectivity index (χ4v) is 6.54. The first kappa shape index (κ1) is 32.4. The van der Waals surface area contributed by atoms with Crippen molar-refractivity contribution in [3.8, 4) is 28.0 Å². The summed E-state index contributed by atoms with van der Waals surface area (Å²) in [4.78, 5) is 4.55. The summed E-state index contributed by atoms with van der Waals surface area (Å²) < 4.78 is 5.47. The van der Waals surface area contributed by atoms with Crippen LogP contribution in [-0.2, 0) is 6.61 Å². The molecular weight excluding hydrogens is 613 g/mol. The Morgan fingerprint density at radius 2 is 0.820 bits per heavy atom. The molecular formula is C46H40N2O2. The predicted molar refractivity (Wildman–Crippen MR) is 209 cm³/mol. The number of aliphatic hydroxyl groups excluding tert-OH is 1. The molecule has 4 heteroatoms. The highest BCUT2D eigenvalue weighted by Gasteiger charge is 2.17. The van der Waals surface area contributed by atoms with Crippen LogP contribution in [0.5, 0.6) is 5.75 Å². The maximum Gasteiger partial charge on any atom is 0.119 e. The minimum absolute atomic E-state index is 0.0302. The number of benzene rings is 7. The van der Waals surface area contributed by atoms with Crippen molar-refractivity contribution in [1.82, 2.24) is 0 Å². The first-order chi connectivity index (χ1) is 24.5. The average molecular weight is 653 g/mol. The quantitative estimate of drug-likeness (QED) is 0.159. The van der Waals surface area contributed by atoms with Crippen LogP contribution in [0.2, 0.25) is 0 Å². The third-order valence-electron chi connectivity index (χ3n) is 9.16. The van der Waals surface area contributed by atoms with Crippen molar-refractivity contribution in [3.63, 3.8) is 0 Å². The van der Waals surface area contributed by atoms with Gasteiger partial charge in [-0.05, 0) is 126 Å². The van der Waals surface area contributed by atoms with Crippen molar-refractivity contribution < 1.29 is 9.84 Å². The van der Waals surface area contributed by atoms with E-state index in [1.54, 1.807) is 7.11 Å². The maximum atomic E-state index is 9.66. The van der Waals surface area contributed by atoms with Crippen LogP contribution in [0, 0.1) is 13.8 Å². The lowest BCUT2D eigenvalue weighted by atomic mass is 9.99. The molecule has 246 valence electrons. The van der Waals surface area contributed by atoms with Crippen molar-refractivity contribution >= 4 is 34.1 Å². The minimum Gasteiger partial charge on any atom is -0.497 e. The van der Waals surface area contributed by atoms with Gasteiger partial charge in [0.25, 0.3) is 0 Å². The van der Waals surface area contributed by atoms with E-state index in [1.165, 1.54) is 5.56 Å². The van der Waals surface area contributed by atoms with E-state index in [4.69, 9.17) is 4.74 Å². The van der Waals surface area contributed by atoms with E-state index in [2.05, 4.69) is 169 Å². The van der Waals surface area contributed by atoms with Gasteiger partial charge in [-0.2, -0.15) is 0 Å². The molecule has 4 nitrogen and oxygen atoms in total. The Kier molecular flexibility index (Phi) is 9.45. The van der Waals surface area contributed by atoms with Crippen molar-refractivity contribution in [2.45, 2.75) is 20.5 Å². The monoisotopic (exact) mass is 652 g/mol. The summed E-state index contributed by atoms with van der Waals surface area (Å²) in [6, 6.07) is 59.5. The molecule has 0 heterocycles. The van der Waals surface area contributed by atoms with Gasteiger partial charge in [-0.15, -0.1) is 0 Å². The van der Waals surface area contributed by atoms with Gasteiger partial charge in [0.2, 0.25) is 0 Å². The van der Waals surface area contributed by atoms with E-state index in [-0.39, 0.29) is 6.61 Å². The number of nitrogens with zero attached hydrogens (tertiary/aromatic N) is 2. The summed E-state index contributed by atoms with van der Waals surface area (Å²) in [5.74, 6) is 0.850. The lowest BCUT2D eigenvalue weighted by Gasteiger charge is -2.27.